The fourth-order valence-electron chi connectivity index (χ4n) is 2.44. The molecule has 6 nitrogen and oxygen atoms in total. The lowest BCUT2D eigenvalue weighted by molar-refractivity contribution is 0.579. The number of rotatable bonds is 9. The Morgan fingerprint density at radius 1 is 0.846 bits per heavy atom. The van der Waals surface area contributed by atoms with Crippen LogP contribution in [0.25, 0.3) is 0 Å². The number of aryl methyl sites for hydroxylation is 2. The molecule has 0 heterocycles. The molecule has 0 radical (unpaired) electrons. The number of sulfonamides is 2. The fourth-order valence-corrected chi connectivity index (χ4v) is 4.08. The van der Waals surface area contributed by atoms with Crippen molar-refractivity contribution in [1.82, 2.24) is 4.72 Å². The molecule has 0 spiro atoms. The topological polar surface area (TPSA) is 92.3 Å². The molecule has 0 saturated carbocycles. The second-order valence-corrected chi connectivity index (χ2v) is 9.59. The van der Waals surface area contributed by atoms with Gasteiger partial charge >= 0.3 is 0 Å². The van der Waals surface area contributed by atoms with Crippen LogP contribution >= 0.6 is 0 Å². The minimum absolute atomic E-state index is 0.269. The molecule has 2 aromatic carbocycles. The summed E-state index contributed by atoms with van der Waals surface area (Å²) >= 11 is 0. The third kappa shape index (κ3) is 6.44. The summed E-state index contributed by atoms with van der Waals surface area (Å²) in [4.78, 5) is 0.269. The van der Waals surface area contributed by atoms with Crippen molar-refractivity contribution in [2.24, 2.45) is 0 Å². The Morgan fingerprint density at radius 2 is 1.42 bits per heavy atom. The first kappa shape index (κ1) is 20.4. The van der Waals surface area contributed by atoms with Gasteiger partial charge in [-0.2, -0.15) is 0 Å². The van der Waals surface area contributed by atoms with Gasteiger partial charge in [0.05, 0.1) is 11.2 Å². The minimum Gasteiger partial charge on any atom is -0.284 e. The van der Waals surface area contributed by atoms with Gasteiger partial charge in [-0.3, -0.25) is 4.72 Å². The van der Waals surface area contributed by atoms with Gasteiger partial charge in [0.15, 0.2) is 0 Å². The van der Waals surface area contributed by atoms with E-state index in [1.807, 2.05) is 31.2 Å². The molecule has 0 aliphatic rings. The molecule has 2 rings (SSSR count). The van der Waals surface area contributed by atoms with Crippen molar-refractivity contribution in [2.45, 2.75) is 31.1 Å². The van der Waals surface area contributed by atoms with Crippen molar-refractivity contribution in [1.29, 1.82) is 0 Å². The average Bonchev–Trinajstić information content (AvgIpc) is 2.59. The van der Waals surface area contributed by atoms with Crippen molar-refractivity contribution in [3.05, 3.63) is 59.7 Å². The number of hydrogen-bond acceptors (Lipinski definition) is 4. The molecule has 2 aromatic rings. The smallest absolute Gasteiger partial charge is 0.240 e. The largest absolute Gasteiger partial charge is 0.284 e. The van der Waals surface area contributed by atoms with Gasteiger partial charge in [0.2, 0.25) is 20.0 Å². The monoisotopic (exact) mass is 396 g/mol. The van der Waals surface area contributed by atoms with Crippen LogP contribution in [0.5, 0.6) is 0 Å². The maximum Gasteiger partial charge on any atom is 0.240 e. The second kappa shape index (κ2) is 8.66. The van der Waals surface area contributed by atoms with E-state index in [9.17, 15) is 16.8 Å². The molecule has 0 amide bonds. The Hall–Kier alpha value is -1.90. The van der Waals surface area contributed by atoms with E-state index < -0.39 is 20.0 Å². The number of benzene rings is 2. The van der Waals surface area contributed by atoms with E-state index in [-0.39, 0.29) is 4.90 Å². The van der Waals surface area contributed by atoms with Gasteiger partial charge in [-0.05, 0) is 54.7 Å². The first-order valence-electron chi connectivity index (χ1n) is 8.35. The average molecular weight is 397 g/mol. The third-order valence-corrected chi connectivity index (χ3v) is 5.92. The van der Waals surface area contributed by atoms with Crippen molar-refractivity contribution < 1.29 is 16.8 Å². The summed E-state index contributed by atoms with van der Waals surface area (Å²) < 4.78 is 51.8. The van der Waals surface area contributed by atoms with Crippen molar-refractivity contribution in [3.8, 4) is 0 Å². The Morgan fingerprint density at radius 3 is 1.96 bits per heavy atom. The Bertz CT molecular complexity index is 920. The summed E-state index contributed by atoms with van der Waals surface area (Å²) in [6.07, 6.45) is 3.30. The van der Waals surface area contributed by atoms with Crippen molar-refractivity contribution in [3.63, 3.8) is 0 Å². The minimum atomic E-state index is -3.49. The van der Waals surface area contributed by atoms with Gasteiger partial charge in [0, 0.05) is 12.2 Å². The van der Waals surface area contributed by atoms with E-state index in [0.717, 1.165) is 23.8 Å². The summed E-state index contributed by atoms with van der Waals surface area (Å²) in [5.74, 6) is 0. The molecule has 0 unspecified atom stereocenters. The summed E-state index contributed by atoms with van der Waals surface area (Å²) in [6, 6.07) is 13.9. The molecule has 0 aromatic heterocycles. The molecular weight excluding hydrogens is 372 g/mol. The highest BCUT2D eigenvalue weighted by molar-refractivity contribution is 7.92. The molecule has 8 heteroatoms. The number of nitrogens with one attached hydrogen (secondary N) is 2. The zero-order valence-corrected chi connectivity index (χ0v) is 16.5. The highest BCUT2D eigenvalue weighted by Gasteiger charge is 2.12. The summed E-state index contributed by atoms with van der Waals surface area (Å²) in [7, 11) is -6.78. The van der Waals surface area contributed by atoms with E-state index in [1.165, 1.54) is 0 Å². The van der Waals surface area contributed by atoms with Crippen LogP contribution in [0, 0.1) is 0 Å². The summed E-state index contributed by atoms with van der Waals surface area (Å²) in [6.45, 7) is 2.35. The van der Waals surface area contributed by atoms with Gasteiger partial charge < -0.3 is 0 Å². The van der Waals surface area contributed by atoms with E-state index in [2.05, 4.69) is 9.44 Å². The molecule has 2 N–H and O–H groups in total. The van der Waals surface area contributed by atoms with Gasteiger partial charge in [0.1, 0.15) is 0 Å². The fraction of sp³-hybridized carbons (Fsp3) is 0.333. The van der Waals surface area contributed by atoms with Crippen LogP contribution in [0.4, 0.5) is 5.69 Å². The maximum atomic E-state index is 12.2. The van der Waals surface area contributed by atoms with Crippen molar-refractivity contribution in [2.75, 3.05) is 17.5 Å². The second-order valence-electron chi connectivity index (χ2n) is 6.07. The standard InChI is InChI=1S/C18H24N2O4S2/c1-3-15-8-12-18(13-9-15)26(23,24)19-14-4-5-16-6-10-17(11-7-16)20-25(2,21)22/h6-13,19-20H,3-5,14H2,1-2H3. The van der Waals surface area contributed by atoms with Crippen LogP contribution in [0.15, 0.2) is 53.4 Å². The zero-order chi connectivity index (χ0) is 19.2. The number of anilines is 1. The Balaban J connectivity index is 1.83. The molecule has 26 heavy (non-hydrogen) atoms. The lowest BCUT2D eigenvalue weighted by Gasteiger charge is -2.08. The number of hydrogen-bond donors (Lipinski definition) is 2. The molecule has 142 valence electrons. The van der Waals surface area contributed by atoms with E-state index in [1.54, 1.807) is 24.3 Å². The highest BCUT2D eigenvalue weighted by atomic mass is 32.2. The molecule has 0 aliphatic carbocycles. The predicted molar refractivity (Wildman–Crippen MR) is 104 cm³/mol. The van der Waals surface area contributed by atoms with Gasteiger partial charge in [-0.15, -0.1) is 0 Å². The zero-order valence-electron chi connectivity index (χ0n) is 14.9. The van der Waals surface area contributed by atoms with E-state index in [0.29, 0.717) is 25.1 Å². The van der Waals surface area contributed by atoms with Crippen LogP contribution in [-0.4, -0.2) is 29.6 Å². The van der Waals surface area contributed by atoms with Crippen LogP contribution in [-0.2, 0) is 32.9 Å². The lowest BCUT2D eigenvalue weighted by Crippen LogP contribution is -2.25. The van der Waals surface area contributed by atoms with Gasteiger partial charge in [-0.1, -0.05) is 31.2 Å². The molecular formula is C18H24N2O4S2. The van der Waals surface area contributed by atoms with Crippen LogP contribution in [0.3, 0.4) is 0 Å². The molecule has 0 atom stereocenters. The first-order valence-corrected chi connectivity index (χ1v) is 11.7. The van der Waals surface area contributed by atoms with Crippen LogP contribution in [0.1, 0.15) is 24.5 Å². The van der Waals surface area contributed by atoms with Gasteiger partial charge in [-0.25, -0.2) is 21.6 Å². The van der Waals surface area contributed by atoms with Crippen LogP contribution < -0.4 is 9.44 Å². The molecule has 0 fully saturated rings. The third-order valence-electron chi connectivity index (χ3n) is 3.83. The molecule has 0 bridgehead atoms. The van der Waals surface area contributed by atoms with E-state index in [4.69, 9.17) is 0 Å². The van der Waals surface area contributed by atoms with E-state index >= 15 is 0 Å². The molecule has 0 aliphatic heterocycles. The predicted octanol–water partition coefficient (Wildman–Crippen LogP) is 2.53. The lowest BCUT2D eigenvalue weighted by atomic mass is 10.1. The Labute approximate surface area is 155 Å². The van der Waals surface area contributed by atoms with Gasteiger partial charge in [0.25, 0.3) is 0 Å². The first-order chi connectivity index (χ1) is 12.2. The highest BCUT2D eigenvalue weighted by Crippen LogP contribution is 2.13. The molecule has 0 saturated heterocycles. The summed E-state index contributed by atoms with van der Waals surface area (Å²) in [5.41, 5.74) is 2.61. The summed E-state index contributed by atoms with van der Waals surface area (Å²) in [5, 5.41) is 0. The van der Waals surface area contributed by atoms with Crippen molar-refractivity contribution >= 4 is 25.7 Å². The maximum absolute atomic E-state index is 12.2. The normalized spacial score (nSPS) is 12.1. The van der Waals surface area contributed by atoms with Crippen LogP contribution in [0.2, 0.25) is 0 Å². The SMILES string of the molecule is CCc1ccc(S(=O)(=O)NCCCc2ccc(NS(C)(=O)=O)cc2)cc1. The quantitative estimate of drug-likeness (QED) is 0.637. The Kier molecular flexibility index (Phi) is 6.80.